The third kappa shape index (κ3) is 3.21. The van der Waals surface area contributed by atoms with E-state index in [9.17, 15) is 0 Å². The molecular weight excluding hydrogens is 244 g/mol. The summed E-state index contributed by atoms with van der Waals surface area (Å²) in [4.78, 5) is 4.30. The van der Waals surface area contributed by atoms with Crippen LogP contribution < -0.4 is 0 Å². The molecule has 0 saturated carbocycles. The van der Waals surface area contributed by atoms with Crippen molar-refractivity contribution < 1.29 is 0 Å². The van der Waals surface area contributed by atoms with E-state index in [1.807, 2.05) is 48.8 Å². The highest BCUT2D eigenvalue weighted by molar-refractivity contribution is 5.83. The predicted octanol–water partition coefficient (Wildman–Crippen LogP) is 4.49. The van der Waals surface area contributed by atoms with Gasteiger partial charge in [0.25, 0.3) is 0 Å². The van der Waals surface area contributed by atoms with Crippen LogP contribution in [0, 0.1) is 16.7 Å². The Bertz CT molecular complexity index is 575. The number of hydrogen-bond donors (Lipinski definition) is 1. The molecule has 2 heteroatoms. The second kappa shape index (κ2) is 6.29. The van der Waals surface area contributed by atoms with Crippen LogP contribution in [0.2, 0.25) is 0 Å². The zero-order valence-corrected chi connectivity index (χ0v) is 12.0. The van der Waals surface area contributed by atoms with Crippen LogP contribution in [0.5, 0.6) is 0 Å². The van der Waals surface area contributed by atoms with Gasteiger partial charge in [0, 0.05) is 24.0 Å². The molecular formula is C18H20N2. The van der Waals surface area contributed by atoms with E-state index in [1.54, 1.807) is 0 Å². The van der Waals surface area contributed by atoms with Crippen molar-refractivity contribution in [3.63, 3.8) is 0 Å². The van der Waals surface area contributed by atoms with Crippen molar-refractivity contribution in [1.82, 2.24) is 0 Å². The first-order chi connectivity index (χ1) is 9.65. The van der Waals surface area contributed by atoms with E-state index in [0.717, 1.165) is 11.1 Å². The first kappa shape index (κ1) is 14.2. The van der Waals surface area contributed by atoms with Crippen molar-refractivity contribution >= 4 is 18.5 Å². The number of nitrogens with one attached hydrogen (secondary N) is 1. The third-order valence-electron chi connectivity index (χ3n) is 3.79. The molecule has 1 aliphatic rings. The van der Waals surface area contributed by atoms with E-state index in [1.165, 1.54) is 6.21 Å². The highest BCUT2D eigenvalue weighted by Crippen LogP contribution is 2.30. The maximum atomic E-state index is 7.43. The second-order valence-electron chi connectivity index (χ2n) is 5.27. The minimum Gasteiger partial charge on any atom is -0.308 e. The number of rotatable bonds is 4. The Labute approximate surface area is 120 Å². The summed E-state index contributed by atoms with van der Waals surface area (Å²) in [5, 5.41) is 7.43. The molecule has 0 aliphatic carbocycles. The van der Waals surface area contributed by atoms with Crippen molar-refractivity contribution in [2.24, 2.45) is 16.3 Å². The lowest BCUT2D eigenvalue weighted by Crippen LogP contribution is -2.23. The number of benzene rings is 1. The fourth-order valence-electron chi connectivity index (χ4n) is 2.13. The standard InChI is InChI=1S/C18H20N2/c1-15(18(2)11-5-6-12-20-14-18)9-10-16-7-3-4-8-17(16)13-19/h3-15,19H,1-2H3/b10-9-,19-13?. The molecule has 0 amide bonds. The van der Waals surface area contributed by atoms with Gasteiger partial charge in [-0.1, -0.05) is 62.4 Å². The highest BCUT2D eigenvalue weighted by Gasteiger charge is 2.24. The van der Waals surface area contributed by atoms with Crippen LogP contribution in [0.15, 0.2) is 59.8 Å². The molecule has 0 spiro atoms. The minimum absolute atomic E-state index is 0.0837. The lowest BCUT2D eigenvalue weighted by Gasteiger charge is -2.26. The molecule has 2 atom stereocenters. The van der Waals surface area contributed by atoms with Gasteiger partial charge in [0.05, 0.1) is 0 Å². The van der Waals surface area contributed by atoms with Crippen molar-refractivity contribution in [3.05, 3.63) is 65.9 Å². The maximum Gasteiger partial charge on any atom is 0.0270 e. The number of allylic oxidation sites excluding steroid dienone is 4. The van der Waals surface area contributed by atoms with Gasteiger partial charge in [-0.3, -0.25) is 4.99 Å². The van der Waals surface area contributed by atoms with Gasteiger partial charge in [-0.2, -0.15) is 0 Å². The summed E-state index contributed by atoms with van der Waals surface area (Å²) >= 11 is 0. The SMILES string of the molecule is CC(/C=C\c1ccccc1C=N)C1(C)C=CC=CN=C1. The van der Waals surface area contributed by atoms with E-state index in [-0.39, 0.29) is 5.41 Å². The predicted molar refractivity (Wildman–Crippen MR) is 87.4 cm³/mol. The van der Waals surface area contributed by atoms with Crippen LogP contribution in [-0.2, 0) is 0 Å². The van der Waals surface area contributed by atoms with Crippen molar-refractivity contribution in [3.8, 4) is 0 Å². The molecule has 0 radical (unpaired) electrons. The van der Waals surface area contributed by atoms with Crippen LogP contribution in [0.4, 0.5) is 0 Å². The quantitative estimate of drug-likeness (QED) is 0.778. The van der Waals surface area contributed by atoms with Gasteiger partial charge in [-0.15, -0.1) is 0 Å². The minimum atomic E-state index is -0.0837. The molecule has 1 N–H and O–H groups in total. The Balaban J connectivity index is 2.20. The molecule has 1 aromatic carbocycles. The van der Waals surface area contributed by atoms with Gasteiger partial charge in [0.2, 0.25) is 0 Å². The van der Waals surface area contributed by atoms with Gasteiger partial charge >= 0.3 is 0 Å². The molecule has 1 aliphatic heterocycles. The van der Waals surface area contributed by atoms with Gasteiger partial charge in [-0.05, 0) is 23.1 Å². The Morgan fingerprint density at radius 2 is 1.95 bits per heavy atom. The van der Waals surface area contributed by atoms with Crippen molar-refractivity contribution in [1.29, 1.82) is 5.41 Å². The number of nitrogens with zero attached hydrogens (tertiary/aromatic N) is 1. The monoisotopic (exact) mass is 264 g/mol. The molecule has 2 nitrogen and oxygen atoms in total. The number of hydrogen-bond acceptors (Lipinski definition) is 2. The molecule has 0 aromatic heterocycles. The van der Waals surface area contributed by atoms with E-state index in [4.69, 9.17) is 5.41 Å². The zero-order valence-electron chi connectivity index (χ0n) is 12.0. The van der Waals surface area contributed by atoms with Crippen LogP contribution >= 0.6 is 0 Å². The van der Waals surface area contributed by atoms with E-state index >= 15 is 0 Å². The smallest absolute Gasteiger partial charge is 0.0270 e. The fourth-order valence-corrected chi connectivity index (χ4v) is 2.13. The topological polar surface area (TPSA) is 36.2 Å². The summed E-state index contributed by atoms with van der Waals surface area (Å²) in [5.74, 6) is 0.321. The molecule has 102 valence electrons. The first-order valence-corrected chi connectivity index (χ1v) is 6.82. The summed E-state index contributed by atoms with van der Waals surface area (Å²) < 4.78 is 0. The lowest BCUT2D eigenvalue weighted by atomic mass is 9.78. The Hall–Kier alpha value is -2.22. The van der Waals surface area contributed by atoms with Crippen LogP contribution in [0.25, 0.3) is 6.08 Å². The van der Waals surface area contributed by atoms with Crippen molar-refractivity contribution in [2.75, 3.05) is 0 Å². The molecule has 2 rings (SSSR count). The molecule has 0 fully saturated rings. The lowest BCUT2D eigenvalue weighted by molar-refractivity contribution is 0.470. The normalized spacial score (nSPS) is 22.9. The first-order valence-electron chi connectivity index (χ1n) is 6.82. The third-order valence-corrected chi connectivity index (χ3v) is 3.79. The fraction of sp³-hybridized carbons (Fsp3) is 0.222. The van der Waals surface area contributed by atoms with Gasteiger partial charge in [0.1, 0.15) is 0 Å². The van der Waals surface area contributed by atoms with E-state index < -0.39 is 0 Å². The Morgan fingerprint density at radius 3 is 2.70 bits per heavy atom. The summed E-state index contributed by atoms with van der Waals surface area (Å²) in [6.45, 7) is 4.36. The van der Waals surface area contributed by atoms with Crippen LogP contribution in [-0.4, -0.2) is 12.4 Å². The Morgan fingerprint density at radius 1 is 1.20 bits per heavy atom. The summed E-state index contributed by atoms with van der Waals surface area (Å²) in [6, 6.07) is 7.94. The van der Waals surface area contributed by atoms with E-state index in [2.05, 4.69) is 37.1 Å². The Kier molecular flexibility index (Phi) is 4.46. The van der Waals surface area contributed by atoms with Crippen LogP contribution in [0.1, 0.15) is 25.0 Å². The van der Waals surface area contributed by atoms with Gasteiger partial charge in [-0.25, -0.2) is 0 Å². The summed E-state index contributed by atoms with van der Waals surface area (Å²) in [6.07, 6.45) is 15.6. The molecule has 0 saturated heterocycles. The highest BCUT2D eigenvalue weighted by atomic mass is 14.7. The van der Waals surface area contributed by atoms with Crippen molar-refractivity contribution in [2.45, 2.75) is 13.8 Å². The molecule has 2 unspecified atom stereocenters. The zero-order chi connectivity index (χ0) is 14.4. The van der Waals surface area contributed by atoms with Gasteiger partial charge in [0.15, 0.2) is 0 Å². The largest absolute Gasteiger partial charge is 0.308 e. The molecule has 20 heavy (non-hydrogen) atoms. The molecule has 0 bridgehead atoms. The average molecular weight is 264 g/mol. The molecule has 1 aromatic rings. The molecule has 1 heterocycles. The number of aliphatic imine (C=N–C) groups is 1. The maximum absolute atomic E-state index is 7.43. The second-order valence-corrected chi connectivity index (χ2v) is 5.27. The van der Waals surface area contributed by atoms with E-state index in [0.29, 0.717) is 5.92 Å². The summed E-state index contributed by atoms with van der Waals surface area (Å²) in [5.41, 5.74) is 1.93. The average Bonchev–Trinajstić information content (AvgIpc) is 2.70. The van der Waals surface area contributed by atoms with Crippen LogP contribution in [0.3, 0.4) is 0 Å². The summed E-state index contributed by atoms with van der Waals surface area (Å²) in [7, 11) is 0. The van der Waals surface area contributed by atoms with Gasteiger partial charge < -0.3 is 5.41 Å².